The predicted molar refractivity (Wildman–Crippen MR) is 114 cm³/mol. The smallest absolute Gasteiger partial charge is 0.353 e. The van der Waals surface area contributed by atoms with Crippen LogP contribution in [0.3, 0.4) is 0 Å². The zero-order valence-corrected chi connectivity index (χ0v) is 18.9. The Hall–Kier alpha value is -0.840. The number of aliphatic hydroxyl groups excluding tert-OH is 2. The van der Waals surface area contributed by atoms with E-state index >= 15 is 0 Å². The van der Waals surface area contributed by atoms with Gasteiger partial charge >= 0.3 is 5.97 Å². The highest BCUT2D eigenvalue weighted by Gasteiger charge is 2.60. The fourth-order valence-corrected chi connectivity index (χ4v) is 6.06. The van der Waals surface area contributed by atoms with Crippen molar-refractivity contribution < 1.29 is 24.9 Å². The molecule has 0 aromatic carbocycles. The van der Waals surface area contributed by atoms with Gasteiger partial charge in [-0.15, -0.1) is 24.2 Å². The number of aliphatic carboxylic acids is 1. The van der Waals surface area contributed by atoms with Gasteiger partial charge in [0, 0.05) is 35.2 Å². The number of hydrogen-bond acceptors (Lipinski definition) is 7. The van der Waals surface area contributed by atoms with Crippen molar-refractivity contribution in [1.29, 1.82) is 0 Å². The number of rotatable bonds is 8. The maximum absolute atomic E-state index is 12.4. The van der Waals surface area contributed by atoms with Crippen molar-refractivity contribution >= 4 is 36.0 Å². The lowest BCUT2D eigenvalue weighted by atomic mass is 9.79. The largest absolute Gasteiger partial charge is 0.477 e. The third kappa shape index (κ3) is 4.60. The second kappa shape index (κ2) is 9.53. The molecule has 3 aliphatic heterocycles. The van der Waals surface area contributed by atoms with Gasteiger partial charge in [-0.05, 0) is 33.9 Å². The number of hydrogen-bond donors (Lipinski definition) is 4. The van der Waals surface area contributed by atoms with Crippen LogP contribution in [0.4, 0.5) is 0 Å². The normalized spacial score (nSPS) is 33.4. The first-order valence-corrected chi connectivity index (χ1v) is 10.7. The summed E-state index contributed by atoms with van der Waals surface area (Å²) in [6.45, 7) is 5.01. The molecule has 1 amide bonds. The number of halogens is 1. The average molecular weight is 450 g/mol. The highest BCUT2D eigenvalue weighted by atomic mass is 35.5. The number of aliphatic hydroxyl groups is 2. The lowest BCUT2D eigenvalue weighted by Crippen LogP contribution is -2.63. The molecule has 0 saturated carbocycles. The van der Waals surface area contributed by atoms with E-state index in [1.807, 2.05) is 25.9 Å². The Kier molecular flexibility index (Phi) is 8.03. The van der Waals surface area contributed by atoms with E-state index in [-0.39, 0.29) is 47.3 Å². The number of fused-ring (bicyclic) bond motifs is 1. The molecule has 2 saturated heterocycles. The molecule has 166 valence electrons. The molecule has 0 aliphatic carbocycles. The van der Waals surface area contributed by atoms with Crippen LogP contribution >= 0.6 is 24.2 Å². The fourth-order valence-electron chi connectivity index (χ4n) is 4.57. The average Bonchev–Trinajstić information content (AvgIpc) is 3.15. The summed E-state index contributed by atoms with van der Waals surface area (Å²) in [5, 5.41) is 33.5. The Balaban J connectivity index is 0.00000300. The van der Waals surface area contributed by atoms with E-state index in [0.29, 0.717) is 17.9 Å². The van der Waals surface area contributed by atoms with Crippen LogP contribution in [0, 0.1) is 11.8 Å². The van der Waals surface area contributed by atoms with Gasteiger partial charge in [0.1, 0.15) is 5.70 Å². The molecule has 3 rings (SSSR count). The summed E-state index contributed by atoms with van der Waals surface area (Å²) in [5.74, 6) is -2.06. The molecule has 10 heteroatoms. The Bertz CT molecular complexity index is 674. The molecule has 4 N–H and O–H groups in total. The predicted octanol–water partition coefficient (Wildman–Crippen LogP) is 0.338. The van der Waals surface area contributed by atoms with Crippen LogP contribution in [0.1, 0.15) is 26.7 Å². The molecule has 2 fully saturated rings. The monoisotopic (exact) mass is 449 g/mol. The van der Waals surface area contributed by atoms with Crippen molar-refractivity contribution in [1.82, 2.24) is 15.1 Å². The zero-order chi connectivity index (χ0) is 20.7. The number of β-lactam (4-membered cyclic amide) rings is 1. The second-order valence-corrected chi connectivity index (χ2v) is 9.76. The summed E-state index contributed by atoms with van der Waals surface area (Å²) in [7, 11) is 3.94. The number of amides is 1. The van der Waals surface area contributed by atoms with E-state index in [0.717, 1.165) is 13.0 Å². The van der Waals surface area contributed by atoms with Gasteiger partial charge in [0.15, 0.2) is 0 Å². The molecule has 29 heavy (non-hydrogen) atoms. The number of carboxylic acid groups (broad SMARTS) is 1. The molecule has 0 radical (unpaired) electrons. The molecule has 8 nitrogen and oxygen atoms in total. The third-order valence-electron chi connectivity index (χ3n) is 6.07. The van der Waals surface area contributed by atoms with Gasteiger partial charge in [-0.3, -0.25) is 4.79 Å². The minimum atomic E-state index is -1.09. The van der Waals surface area contributed by atoms with Crippen LogP contribution in [0.5, 0.6) is 0 Å². The molecular weight excluding hydrogens is 418 g/mol. The van der Waals surface area contributed by atoms with Gasteiger partial charge in [0.2, 0.25) is 5.91 Å². The lowest BCUT2D eigenvalue weighted by molar-refractivity contribution is -0.163. The zero-order valence-electron chi connectivity index (χ0n) is 17.2. The van der Waals surface area contributed by atoms with Crippen LogP contribution in [-0.4, -0.2) is 93.7 Å². The molecule has 3 heterocycles. The Morgan fingerprint density at radius 1 is 1.38 bits per heavy atom. The third-order valence-corrected chi connectivity index (χ3v) is 7.58. The quantitative estimate of drug-likeness (QED) is 0.392. The number of thioether (sulfide) groups is 1. The number of nitrogens with one attached hydrogen (secondary N) is 1. The highest BCUT2D eigenvalue weighted by molar-refractivity contribution is 8.03. The van der Waals surface area contributed by atoms with E-state index < -0.39 is 24.1 Å². The summed E-state index contributed by atoms with van der Waals surface area (Å²) >= 11 is 1.51. The first kappa shape index (κ1) is 24.4. The van der Waals surface area contributed by atoms with Crippen LogP contribution in [0.2, 0.25) is 0 Å². The van der Waals surface area contributed by atoms with Crippen molar-refractivity contribution in [3.63, 3.8) is 0 Å². The standard InChI is InChI=1S/C19H31N3O5S.ClH/c1-9-15-14(10(2)23)18(25)22(15)16(19(26)27)17(9)28-11-7-12(20-8-11)13(24)5-6-21(3)4;/h9-15,20,23-24H,5-8H2,1-4H3,(H,26,27);1H/t9-,10-,11+,12+,13-,14-,15-;/m1./s1. The molecule has 3 aliphatic rings. The van der Waals surface area contributed by atoms with Crippen molar-refractivity contribution in [2.45, 2.75) is 56.2 Å². The van der Waals surface area contributed by atoms with Crippen LogP contribution in [0.25, 0.3) is 0 Å². The number of carbonyl (C=O) groups excluding carboxylic acids is 1. The fraction of sp³-hybridized carbons (Fsp3) is 0.789. The molecule has 7 atom stereocenters. The number of carboxylic acids is 1. The molecule has 0 unspecified atom stereocenters. The minimum absolute atomic E-state index is 0. The molecule has 0 aromatic rings. The van der Waals surface area contributed by atoms with Gasteiger partial charge in [0.05, 0.1) is 24.2 Å². The molecule has 0 spiro atoms. The van der Waals surface area contributed by atoms with Gasteiger partial charge in [-0.25, -0.2) is 4.79 Å². The van der Waals surface area contributed by atoms with Crippen LogP contribution in [-0.2, 0) is 9.59 Å². The number of carbonyl (C=O) groups is 2. The van der Waals surface area contributed by atoms with E-state index in [9.17, 15) is 24.9 Å². The van der Waals surface area contributed by atoms with E-state index in [4.69, 9.17) is 0 Å². The SMILES string of the molecule is C[C@@H](O)[C@H]1C(=O)N2C(C(=O)O)=C(S[C@@H]3CN[C@H]([C@H](O)CCN(C)C)C3)[C@H](C)[C@H]12.Cl. The highest BCUT2D eigenvalue weighted by Crippen LogP contribution is 2.51. The van der Waals surface area contributed by atoms with E-state index in [1.54, 1.807) is 6.92 Å². The van der Waals surface area contributed by atoms with Gasteiger partial charge in [-0.2, -0.15) is 0 Å². The Morgan fingerprint density at radius 3 is 2.59 bits per heavy atom. The summed E-state index contributed by atoms with van der Waals surface area (Å²) in [5.41, 5.74) is 0.0704. The van der Waals surface area contributed by atoms with Crippen molar-refractivity contribution in [3.05, 3.63) is 10.6 Å². The van der Waals surface area contributed by atoms with Crippen molar-refractivity contribution in [3.8, 4) is 0 Å². The number of nitrogens with zero attached hydrogens (tertiary/aromatic N) is 2. The minimum Gasteiger partial charge on any atom is -0.477 e. The van der Waals surface area contributed by atoms with Crippen LogP contribution < -0.4 is 5.32 Å². The molecule has 0 aromatic heterocycles. The summed E-state index contributed by atoms with van der Waals surface area (Å²) in [6, 6.07) is -0.288. The first-order chi connectivity index (χ1) is 13.1. The summed E-state index contributed by atoms with van der Waals surface area (Å²) in [6.07, 6.45) is 0.200. The van der Waals surface area contributed by atoms with Crippen LogP contribution in [0.15, 0.2) is 10.6 Å². The van der Waals surface area contributed by atoms with Crippen molar-refractivity contribution in [2.75, 3.05) is 27.2 Å². The van der Waals surface area contributed by atoms with E-state index in [1.165, 1.54) is 16.7 Å². The summed E-state index contributed by atoms with van der Waals surface area (Å²) in [4.78, 5) is 28.4. The Morgan fingerprint density at radius 2 is 2.03 bits per heavy atom. The lowest BCUT2D eigenvalue weighted by Gasteiger charge is -2.46. The Labute approximate surface area is 182 Å². The van der Waals surface area contributed by atoms with Gasteiger partial charge in [0.25, 0.3) is 0 Å². The summed E-state index contributed by atoms with van der Waals surface area (Å²) < 4.78 is 0. The van der Waals surface area contributed by atoms with E-state index in [2.05, 4.69) is 5.32 Å². The molecule has 0 bridgehead atoms. The topological polar surface area (TPSA) is 113 Å². The molecular formula is C19H32ClN3O5S. The first-order valence-electron chi connectivity index (χ1n) is 9.84. The maximum Gasteiger partial charge on any atom is 0.353 e. The van der Waals surface area contributed by atoms with Gasteiger partial charge < -0.3 is 30.4 Å². The van der Waals surface area contributed by atoms with Gasteiger partial charge in [-0.1, -0.05) is 6.92 Å². The maximum atomic E-state index is 12.4. The second-order valence-electron chi connectivity index (χ2n) is 8.42. The van der Waals surface area contributed by atoms with Crippen molar-refractivity contribution in [2.24, 2.45) is 11.8 Å².